The van der Waals surface area contributed by atoms with E-state index in [4.69, 9.17) is 4.74 Å². The van der Waals surface area contributed by atoms with E-state index in [1.165, 1.54) is 6.08 Å². The minimum Gasteiger partial charge on any atom is -0.487 e. The molecule has 0 aliphatic carbocycles. The Morgan fingerprint density at radius 1 is 0.935 bits per heavy atom. The van der Waals surface area contributed by atoms with Gasteiger partial charge in [0.15, 0.2) is 0 Å². The molecule has 0 aromatic heterocycles. The number of rotatable bonds is 7. The zero-order chi connectivity index (χ0) is 22.4. The summed E-state index contributed by atoms with van der Waals surface area (Å²) >= 11 is 6.59. The third-order valence-corrected chi connectivity index (χ3v) is 6.46. The third-order valence-electron chi connectivity index (χ3n) is 4.14. The quantitative estimate of drug-likeness (QED) is 0.232. The van der Waals surface area contributed by atoms with E-state index in [0.717, 1.165) is 22.0 Å². The van der Waals surface area contributed by atoms with E-state index < -0.39 is 11.9 Å². The molecule has 3 aromatic carbocycles. The van der Waals surface area contributed by atoms with Gasteiger partial charge in [-0.2, -0.15) is 0 Å². The number of aliphatic carboxylic acids is 1. The molecule has 0 fully saturated rings. The van der Waals surface area contributed by atoms with Crippen molar-refractivity contribution in [2.24, 2.45) is 0 Å². The molecule has 31 heavy (non-hydrogen) atoms. The van der Waals surface area contributed by atoms with Gasteiger partial charge < -0.3 is 15.2 Å². The molecule has 3 aromatic rings. The van der Waals surface area contributed by atoms with Crippen molar-refractivity contribution >= 4 is 85.7 Å². The zero-order valence-corrected chi connectivity index (χ0v) is 22.4. The maximum atomic E-state index is 12.3. The Hall–Kier alpha value is -1.67. The molecule has 1 amide bonds. The van der Waals surface area contributed by atoms with Crippen molar-refractivity contribution < 1.29 is 19.4 Å². The highest BCUT2D eigenvalue weighted by atomic mass is 127. The van der Waals surface area contributed by atoms with Crippen LogP contribution in [0.2, 0.25) is 0 Å². The van der Waals surface area contributed by atoms with E-state index in [9.17, 15) is 14.7 Å². The Balaban J connectivity index is 1.79. The van der Waals surface area contributed by atoms with Crippen molar-refractivity contribution in [3.8, 4) is 5.75 Å². The number of carboxylic acids is 1. The fraction of sp³-hybridized carbons (Fsp3) is 0.0435. The van der Waals surface area contributed by atoms with Crippen LogP contribution in [0.1, 0.15) is 21.5 Å². The Morgan fingerprint density at radius 3 is 2.13 bits per heavy atom. The predicted molar refractivity (Wildman–Crippen MR) is 145 cm³/mol. The topological polar surface area (TPSA) is 75.6 Å². The molecule has 0 heterocycles. The van der Waals surface area contributed by atoms with Crippen molar-refractivity contribution in [2.45, 2.75) is 6.61 Å². The molecule has 0 saturated carbocycles. The lowest BCUT2D eigenvalue weighted by molar-refractivity contribution is -0.132. The summed E-state index contributed by atoms with van der Waals surface area (Å²) in [6.45, 7) is 0.436. The smallest absolute Gasteiger partial charge is 0.352 e. The van der Waals surface area contributed by atoms with Gasteiger partial charge in [0, 0.05) is 9.13 Å². The molecule has 0 radical (unpaired) electrons. The Bertz CT molecular complexity index is 1110. The molecule has 0 aliphatic heterocycles. The van der Waals surface area contributed by atoms with Crippen LogP contribution in [0.3, 0.4) is 0 Å². The van der Waals surface area contributed by atoms with E-state index in [1.54, 1.807) is 30.3 Å². The minimum absolute atomic E-state index is 0.201. The summed E-state index contributed by atoms with van der Waals surface area (Å²) in [5.41, 5.74) is 1.90. The van der Waals surface area contributed by atoms with Gasteiger partial charge in [0.1, 0.15) is 18.1 Å². The number of halogens is 3. The third kappa shape index (κ3) is 6.91. The number of amides is 1. The van der Waals surface area contributed by atoms with Gasteiger partial charge in [-0.3, -0.25) is 4.79 Å². The summed E-state index contributed by atoms with van der Waals surface area (Å²) < 4.78 is 8.86. The molecule has 5 nitrogen and oxygen atoms in total. The number of hydrogen-bond donors (Lipinski definition) is 2. The molecule has 8 heteroatoms. The molecule has 2 N–H and O–H groups in total. The minimum atomic E-state index is -1.21. The second-order valence-corrected chi connectivity index (χ2v) is 9.98. The van der Waals surface area contributed by atoms with E-state index in [2.05, 4.69) is 73.1 Å². The summed E-state index contributed by atoms with van der Waals surface area (Å²) in [5.74, 6) is -0.952. The average molecular weight is 751 g/mol. The van der Waals surface area contributed by atoms with Crippen LogP contribution in [0.4, 0.5) is 0 Å². The molecule has 0 spiro atoms. The van der Waals surface area contributed by atoms with Gasteiger partial charge in [-0.25, -0.2) is 4.79 Å². The van der Waals surface area contributed by atoms with Crippen LogP contribution in [0.25, 0.3) is 6.08 Å². The first-order valence-electron chi connectivity index (χ1n) is 9.01. The lowest BCUT2D eigenvalue weighted by atomic mass is 10.1. The molecule has 3 rings (SSSR count). The van der Waals surface area contributed by atoms with Gasteiger partial charge in [-0.15, -0.1) is 0 Å². The maximum Gasteiger partial charge on any atom is 0.352 e. The predicted octanol–water partition coefficient (Wildman–Crippen LogP) is 5.93. The fourth-order valence-corrected chi connectivity index (χ4v) is 5.13. The van der Waals surface area contributed by atoms with E-state index in [1.807, 2.05) is 36.4 Å². The number of carbonyl (C=O) groups is 2. The number of carboxylic acid groups (broad SMARTS) is 1. The van der Waals surface area contributed by atoms with Crippen molar-refractivity contribution in [2.75, 3.05) is 0 Å². The largest absolute Gasteiger partial charge is 0.487 e. The van der Waals surface area contributed by atoms with E-state index in [-0.39, 0.29) is 5.70 Å². The molecule has 0 aliphatic rings. The zero-order valence-electron chi connectivity index (χ0n) is 15.9. The number of ether oxygens (including phenoxy) is 1. The summed E-state index contributed by atoms with van der Waals surface area (Å²) in [7, 11) is 0. The molecular weight excluding hydrogens is 735 g/mol. The number of carbonyl (C=O) groups excluding carboxylic acids is 1. The van der Waals surface area contributed by atoms with Gasteiger partial charge in [-0.05, 0) is 121 Å². The molecule has 0 unspecified atom stereocenters. The summed E-state index contributed by atoms with van der Waals surface area (Å²) in [4.78, 5) is 24.0. The van der Waals surface area contributed by atoms with Gasteiger partial charge in [0.2, 0.25) is 0 Å². The molecule has 0 bridgehead atoms. The van der Waals surface area contributed by atoms with Gasteiger partial charge in [0.05, 0.1) is 7.14 Å². The monoisotopic (exact) mass is 751 g/mol. The Kier molecular flexibility index (Phi) is 8.72. The Morgan fingerprint density at radius 2 is 1.55 bits per heavy atom. The highest BCUT2D eigenvalue weighted by Crippen LogP contribution is 2.30. The summed E-state index contributed by atoms with van der Waals surface area (Å²) in [6, 6.07) is 20.2. The number of nitrogens with one attached hydrogen (secondary N) is 1. The van der Waals surface area contributed by atoms with Crippen LogP contribution >= 0.6 is 67.8 Å². The summed E-state index contributed by atoms with van der Waals surface area (Å²) in [5, 5.41) is 12.0. The van der Waals surface area contributed by atoms with Crippen LogP contribution in [0.5, 0.6) is 5.75 Å². The highest BCUT2D eigenvalue weighted by molar-refractivity contribution is 14.1. The fourth-order valence-electron chi connectivity index (χ4n) is 2.64. The van der Waals surface area contributed by atoms with Gasteiger partial charge in [-0.1, -0.05) is 30.3 Å². The molecule has 0 atom stereocenters. The first kappa shape index (κ1) is 24.0. The second kappa shape index (κ2) is 11.3. The second-order valence-electron chi connectivity index (χ2n) is 6.41. The molecule has 158 valence electrons. The highest BCUT2D eigenvalue weighted by Gasteiger charge is 2.15. The number of hydrogen-bond acceptors (Lipinski definition) is 3. The van der Waals surface area contributed by atoms with Crippen molar-refractivity contribution in [1.29, 1.82) is 0 Å². The van der Waals surface area contributed by atoms with Crippen LogP contribution in [-0.4, -0.2) is 17.0 Å². The molecular formula is C23H16I3NO4. The lowest BCUT2D eigenvalue weighted by Crippen LogP contribution is -2.27. The first-order chi connectivity index (χ1) is 14.8. The summed E-state index contributed by atoms with van der Waals surface area (Å²) in [6.07, 6.45) is 1.44. The van der Waals surface area contributed by atoms with Crippen molar-refractivity contribution in [1.82, 2.24) is 5.32 Å². The van der Waals surface area contributed by atoms with Crippen molar-refractivity contribution in [3.05, 3.63) is 99.8 Å². The first-order valence-corrected chi connectivity index (χ1v) is 12.2. The maximum absolute atomic E-state index is 12.3. The SMILES string of the molecule is O=C(O)C(=Cc1cc(I)c(OCc2ccc(I)cc2)c(I)c1)NC(=O)c1ccccc1. The van der Waals surface area contributed by atoms with Crippen LogP contribution in [-0.2, 0) is 11.4 Å². The average Bonchev–Trinajstić information content (AvgIpc) is 2.74. The van der Waals surface area contributed by atoms with Gasteiger partial charge >= 0.3 is 5.97 Å². The van der Waals surface area contributed by atoms with E-state index >= 15 is 0 Å². The van der Waals surface area contributed by atoms with Crippen molar-refractivity contribution in [3.63, 3.8) is 0 Å². The Labute approximate surface area is 220 Å². The van der Waals surface area contributed by atoms with E-state index in [0.29, 0.717) is 17.7 Å². The van der Waals surface area contributed by atoms with Crippen LogP contribution in [0.15, 0.2) is 72.4 Å². The number of benzene rings is 3. The van der Waals surface area contributed by atoms with Gasteiger partial charge in [0.25, 0.3) is 5.91 Å². The standard InChI is InChI=1S/C23H16I3NO4/c24-17-8-6-14(7-9-17)13-31-21-18(25)10-15(11-19(21)26)12-20(23(29)30)27-22(28)16-4-2-1-3-5-16/h1-12H,13H2,(H,27,28)(H,29,30). The lowest BCUT2D eigenvalue weighted by Gasteiger charge is -2.12. The van der Waals surface area contributed by atoms with Crippen LogP contribution in [0, 0.1) is 10.7 Å². The normalized spacial score (nSPS) is 11.1. The molecule has 0 saturated heterocycles. The van der Waals surface area contributed by atoms with Crippen LogP contribution < -0.4 is 10.1 Å².